The normalized spacial score (nSPS) is 15.9. The molecule has 0 saturated carbocycles. The van der Waals surface area contributed by atoms with Crippen molar-refractivity contribution in [1.82, 2.24) is 15.0 Å². The molecule has 5 heteroatoms. The topological polar surface area (TPSA) is 58.6 Å². The van der Waals surface area contributed by atoms with Gasteiger partial charge in [-0.05, 0) is 61.2 Å². The van der Waals surface area contributed by atoms with Crippen molar-refractivity contribution in [3.05, 3.63) is 77.0 Å². The third-order valence-corrected chi connectivity index (χ3v) is 6.50. The molecule has 4 nitrogen and oxygen atoms in total. The van der Waals surface area contributed by atoms with E-state index in [0.29, 0.717) is 0 Å². The van der Waals surface area contributed by atoms with Crippen LogP contribution >= 0.6 is 11.8 Å². The van der Waals surface area contributed by atoms with Crippen LogP contribution in [-0.2, 0) is 6.42 Å². The number of carbonyl (C=O) groups is 1. The van der Waals surface area contributed by atoms with Gasteiger partial charge >= 0.3 is 0 Å². The molecule has 2 heterocycles. The van der Waals surface area contributed by atoms with Gasteiger partial charge in [-0.25, -0.2) is 9.97 Å². The lowest BCUT2D eigenvalue weighted by Gasteiger charge is -2.07. The van der Waals surface area contributed by atoms with E-state index < -0.39 is 0 Å². The molecule has 28 heavy (non-hydrogen) atoms. The Morgan fingerprint density at radius 2 is 1.89 bits per heavy atom. The van der Waals surface area contributed by atoms with Crippen molar-refractivity contribution in [2.24, 2.45) is 0 Å². The Hall–Kier alpha value is -2.92. The number of Topliss-reactive ketones (excluding diaryl/α,β-unsaturated/α-hetero) is 1. The Balaban J connectivity index is 1.37. The second kappa shape index (κ2) is 6.60. The van der Waals surface area contributed by atoms with Gasteiger partial charge in [0.15, 0.2) is 5.78 Å². The van der Waals surface area contributed by atoms with Crippen LogP contribution in [0.1, 0.15) is 27.0 Å². The lowest BCUT2D eigenvalue weighted by Crippen LogP contribution is -2.11. The number of aromatic amines is 1. The van der Waals surface area contributed by atoms with Crippen molar-refractivity contribution in [3.8, 4) is 11.4 Å². The number of nitrogens with one attached hydrogen (secondary N) is 1. The van der Waals surface area contributed by atoms with Crippen molar-refractivity contribution >= 4 is 28.6 Å². The number of H-pyrrole nitrogens is 1. The van der Waals surface area contributed by atoms with Gasteiger partial charge in [0, 0.05) is 17.3 Å². The molecular formula is C23H19N3OS. The van der Waals surface area contributed by atoms with Gasteiger partial charge in [-0.15, -0.1) is 0 Å². The van der Waals surface area contributed by atoms with Crippen molar-refractivity contribution in [2.75, 3.05) is 0 Å². The number of imidazole rings is 1. The summed E-state index contributed by atoms with van der Waals surface area (Å²) in [5.74, 6) is 1.02. The van der Waals surface area contributed by atoms with Crippen molar-refractivity contribution < 1.29 is 4.79 Å². The molecule has 138 valence electrons. The molecule has 1 aliphatic rings. The summed E-state index contributed by atoms with van der Waals surface area (Å²) in [6.07, 6.45) is 2.59. The molecule has 5 rings (SSSR count). The largest absolute Gasteiger partial charge is 0.338 e. The van der Waals surface area contributed by atoms with Crippen molar-refractivity contribution in [3.63, 3.8) is 0 Å². The highest BCUT2D eigenvalue weighted by molar-refractivity contribution is 8.00. The standard InChI is InChI=1S/C23H19N3OS/c1-13-9-18-19(10-14(13)2)26-23(25-18)16-7-8-21(24-12-16)28-20-11-15-5-3-4-6-17(15)22(20)27/h3-10,12,20H,11H2,1-2H3,(H,25,26)/t20-/m0/s1. The minimum Gasteiger partial charge on any atom is -0.338 e. The average molecular weight is 385 g/mol. The molecule has 0 spiro atoms. The highest BCUT2D eigenvalue weighted by Gasteiger charge is 2.31. The number of ketones is 1. The first-order valence-corrected chi connectivity index (χ1v) is 10.2. The molecular weight excluding hydrogens is 366 g/mol. The van der Waals surface area contributed by atoms with Gasteiger partial charge in [0.2, 0.25) is 0 Å². The summed E-state index contributed by atoms with van der Waals surface area (Å²) in [6.45, 7) is 4.20. The average Bonchev–Trinajstić information content (AvgIpc) is 3.24. The number of aryl methyl sites for hydroxylation is 2. The molecule has 0 fully saturated rings. The monoisotopic (exact) mass is 385 g/mol. The Morgan fingerprint density at radius 1 is 1.07 bits per heavy atom. The molecule has 4 aromatic rings. The summed E-state index contributed by atoms with van der Waals surface area (Å²) in [5, 5.41) is 0.769. The number of pyridine rings is 1. The molecule has 0 unspecified atom stereocenters. The zero-order chi connectivity index (χ0) is 19.3. The zero-order valence-corrected chi connectivity index (χ0v) is 16.5. The van der Waals surface area contributed by atoms with E-state index in [-0.39, 0.29) is 11.0 Å². The van der Waals surface area contributed by atoms with Crippen LogP contribution in [0.2, 0.25) is 0 Å². The number of thioether (sulfide) groups is 1. The van der Waals surface area contributed by atoms with E-state index in [1.807, 2.05) is 42.6 Å². The summed E-state index contributed by atoms with van der Waals surface area (Å²) < 4.78 is 0. The first-order chi connectivity index (χ1) is 13.6. The minimum atomic E-state index is -0.0899. The molecule has 0 saturated heterocycles. The van der Waals surface area contributed by atoms with Gasteiger partial charge in [0.05, 0.1) is 21.3 Å². The molecule has 2 aromatic heterocycles. The number of carbonyl (C=O) groups excluding carboxylic acids is 1. The van der Waals surface area contributed by atoms with E-state index in [9.17, 15) is 4.79 Å². The third-order valence-electron chi connectivity index (χ3n) is 5.35. The van der Waals surface area contributed by atoms with Crippen LogP contribution in [0.25, 0.3) is 22.4 Å². The third kappa shape index (κ3) is 2.92. The highest BCUT2D eigenvalue weighted by atomic mass is 32.2. The molecule has 1 aliphatic carbocycles. The summed E-state index contributed by atoms with van der Waals surface area (Å²) in [7, 11) is 0. The van der Waals surface area contributed by atoms with E-state index in [0.717, 1.165) is 45.0 Å². The molecule has 0 bridgehead atoms. The maximum absolute atomic E-state index is 12.6. The molecule has 0 aliphatic heterocycles. The van der Waals surface area contributed by atoms with Gasteiger partial charge in [-0.1, -0.05) is 36.0 Å². The summed E-state index contributed by atoms with van der Waals surface area (Å²) in [5.41, 5.74) is 7.40. The number of hydrogen-bond donors (Lipinski definition) is 1. The Bertz CT molecular complexity index is 1170. The molecule has 0 radical (unpaired) electrons. The smallest absolute Gasteiger partial charge is 0.176 e. The Labute approximate surface area is 167 Å². The van der Waals surface area contributed by atoms with Crippen LogP contribution in [0, 0.1) is 13.8 Å². The summed E-state index contributed by atoms with van der Waals surface area (Å²) in [6, 6.07) is 16.1. The van der Waals surface area contributed by atoms with Gasteiger partial charge in [-0.3, -0.25) is 4.79 Å². The first kappa shape index (κ1) is 17.2. The maximum atomic E-state index is 12.6. The van der Waals surface area contributed by atoms with Crippen molar-refractivity contribution in [1.29, 1.82) is 0 Å². The molecule has 2 aromatic carbocycles. The van der Waals surface area contributed by atoms with Crippen LogP contribution < -0.4 is 0 Å². The van der Waals surface area contributed by atoms with Crippen LogP contribution in [0.5, 0.6) is 0 Å². The lowest BCUT2D eigenvalue weighted by molar-refractivity contribution is 0.1000. The van der Waals surface area contributed by atoms with Crippen LogP contribution in [-0.4, -0.2) is 26.0 Å². The van der Waals surface area contributed by atoms with E-state index in [1.165, 1.54) is 22.9 Å². The quantitative estimate of drug-likeness (QED) is 0.530. The highest BCUT2D eigenvalue weighted by Crippen LogP contribution is 2.34. The van der Waals surface area contributed by atoms with E-state index >= 15 is 0 Å². The fourth-order valence-corrected chi connectivity index (χ4v) is 4.69. The van der Waals surface area contributed by atoms with E-state index in [2.05, 4.69) is 35.9 Å². The predicted molar refractivity (Wildman–Crippen MR) is 113 cm³/mol. The number of fused-ring (bicyclic) bond motifs is 2. The van der Waals surface area contributed by atoms with Crippen LogP contribution in [0.15, 0.2) is 59.8 Å². The molecule has 1 N–H and O–H groups in total. The Kier molecular flexibility index (Phi) is 4.05. The number of hydrogen-bond acceptors (Lipinski definition) is 4. The second-order valence-electron chi connectivity index (χ2n) is 7.26. The molecule has 0 amide bonds. The number of aromatic nitrogens is 3. The second-order valence-corrected chi connectivity index (χ2v) is 8.48. The van der Waals surface area contributed by atoms with Crippen LogP contribution in [0.3, 0.4) is 0 Å². The van der Waals surface area contributed by atoms with E-state index in [1.54, 1.807) is 0 Å². The van der Waals surface area contributed by atoms with E-state index in [4.69, 9.17) is 4.98 Å². The number of rotatable bonds is 3. The Morgan fingerprint density at radius 3 is 2.68 bits per heavy atom. The van der Waals surface area contributed by atoms with Gasteiger partial charge in [0.1, 0.15) is 5.82 Å². The summed E-state index contributed by atoms with van der Waals surface area (Å²) in [4.78, 5) is 25.2. The summed E-state index contributed by atoms with van der Waals surface area (Å²) >= 11 is 1.54. The first-order valence-electron chi connectivity index (χ1n) is 9.30. The number of nitrogens with zero attached hydrogens (tertiary/aromatic N) is 2. The maximum Gasteiger partial charge on any atom is 0.176 e. The van der Waals surface area contributed by atoms with Crippen molar-refractivity contribution in [2.45, 2.75) is 30.5 Å². The fourth-order valence-electron chi connectivity index (χ4n) is 3.64. The minimum absolute atomic E-state index is 0.0899. The van der Waals surface area contributed by atoms with Gasteiger partial charge in [-0.2, -0.15) is 0 Å². The van der Waals surface area contributed by atoms with Gasteiger partial charge < -0.3 is 4.98 Å². The van der Waals surface area contributed by atoms with Crippen LogP contribution in [0.4, 0.5) is 0 Å². The van der Waals surface area contributed by atoms with Gasteiger partial charge in [0.25, 0.3) is 0 Å². The number of benzene rings is 2. The predicted octanol–water partition coefficient (Wildman–Crippen LogP) is 5.14. The lowest BCUT2D eigenvalue weighted by atomic mass is 10.1. The fraction of sp³-hybridized carbons (Fsp3) is 0.174. The molecule has 1 atom stereocenters. The zero-order valence-electron chi connectivity index (χ0n) is 15.7. The SMILES string of the molecule is Cc1cc2nc(-c3ccc(S[C@H]4Cc5ccccc5C4=O)nc3)[nH]c2cc1C.